The highest BCUT2D eigenvalue weighted by Gasteiger charge is 2.36. The number of nitrogens with zero attached hydrogens (tertiary/aromatic N) is 8. The van der Waals surface area contributed by atoms with Gasteiger partial charge in [0, 0.05) is 42.7 Å². The fourth-order valence-electron chi connectivity index (χ4n) is 4.62. The van der Waals surface area contributed by atoms with Crippen molar-refractivity contribution in [2.45, 2.75) is 4.90 Å². The predicted octanol–water partition coefficient (Wildman–Crippen LogP) is 5.19. The van der Waals surface area contributed by atoms with E-state index >= 15 is 0 Å². The van der Waals surface area contributed by atoms with Crippen molar-refractivity contribution >= 4 is 39.7 Å². The summed E-state index contributed by atoms with van der Waals surface area (Å²) in [6, 6.07) is 22.6. The number of hydrogen-bond acceptors (Lipinski definition) is 8. The van der Waals surface area contributed by atoms with Crippen LogP contribution in [-0.4, -0.2) is 24.8 Å². The second kappa shape index (κ2) is 10.1. The van der Waals surface area contributed by atoms with Gasteiger partial charge in [-0.1, -0.05) is 24.3 Å². The summed E-state index contributed by atoms with van der Waals surface area (Å²) in [7, 11) is 3.75. The van der Waals surface area contributed by atoms with Gasteiger partial charge in [-0.2, -0.15) is 31.6 Å². The molecule has 0 fully saturated rings. The lowest BCUT2D eigenvalue weighted by molar-refractivity contribution is 1.09. The Hall–Kier alpha value is -5.71. The highest BCUT2D eigenvalue weighted by Crippen LogP contribution is 2.52. The number of aromatic nitrogens is 1. The Labute approximate surface area is 223 Å². The Morgan fingerprint density at radius 3 is 1.76 bits per heavy atom. The van der Waals surface area contributed by atoms with Crippen LogP contribution in [0.25, 0.3) is 22.2 Å². The van der Waals surface area contributed by atoms with Crippen molar-refractivity contribution in [3.63, 3.8) is 0 Å². The molecule has 2 heterocycles. The number of allylic oxidation sites excluding steroid dienone is 6. The molecule has 1 aliphatic carbocycles. The molecule has 178 valence electrons. The molecular formula is C29H16N8S. The molecule has 0 bridgehead atoms. The van der Waals surface area contributed by atoms with E-state index in [9.17, 15) is 31.6 Å². The molecule has 0 unspecified atom stereocenters. The largest absolute Gasteiger partial charge is 0.378 e. The van der Waals surface area contributed by atoms with E-state index in [0.717, 1.165) is 5.69 Å². The van der Waals surface area contributed by atoms with Gasteiger partial charge in [0.25, 0.3) is 0 Å². The van der Waals surface area contributed by atoms with E-state index in [2.05, 4.69) is 12.1 Å². The quantitative estimate of drug-likeness (QED) is 0.346. The lowest BCUT2D eigenvalue weighted by Crippen LogP contribution is -2.09. The molecule has 3 aromatic rings. The summed E-state index contributed by atoms with van der Waals surface area (Å²) >= 11 is 1.28. The number of thioether (sulfide) groups is 1. The molecule has 0 atom stereocenters. The number of hydrogen-bond donors (Lipinski definition) is 0. The van der Waals surface area contributed by atoms with Crippen LogP contribution in [0.5, 0.6) is 0 Å². The molecule has 0 radical (unpaired) electrons. The van der Waals surface area contributed by atoms with Gasteiger partial charge < -0.3 is 9.30 Å². The number of nitriles is 6. The average Bonchev–Trinajstić information content (AvgIpc) is 3.43. The standard InChI is InChI=1S/C29H16N8S/c1-36(2)19-8-9-37-24(10-19)22(15-34)29(38-3)28(37)23(16-35)27-25(17(11-30)12-31)20-6-4-5-7-21(20)26(27)18(13-32)14-33/h4-10H,1-3H3. The normalized spacial score (nSPS) is 11.3. The number of fused-ring (bicyclic) bond motifs is 2. The third kappa shape index (κ3) is 3.66. The molecule has 1 aliphatic rings. The van der Waals surface area contributed by atoms with Crippen LogP contribution in [0.1, 0.15) is 22.4 Å². The molecule has 0 saturated heterocycles. The van der Waals surface area contributed by atoms with Crippen molar-refractivity contribution in [2.24, 2.45) is 0 Å². The van der Waals surface area contributed by atoms with Gasteiger partial charge in [0.15, 0.2) is 0 Å². The van der Waals surface area contributed by atoms with Gasteiger partial charge in [-0.3, -0.25) is 0 Å². The van der Waals surface area contributed by atoms with Crippen LogP contribution < -0.4 is 4.90 Å². The summed E-state index contributed by atoms with van der Waals surface area (Å²) in [6.07, 6.45) is 3.53. The molecule has 0 spiro atoms. The van der Waals surface area contributed by atoms with Gasteiger partial charge in [0.05, 0.1) is 27.2 Å². The van der Waals surface area contributed by atoms with Crippen molar-refractivity contribution in [1.82, 2.24) is 4.40 Å². The third-order valence-electron chi connectivity index (χ3n) is 6.22. The molecule has 0 amide bonds. The highest BCUT2D eigenvalue weighted by molar-refractivity contribution is 7.98. The molecule has 8 nitrogen and oxygen atoms in total. The minimum absolute atomic E-state index is 0.0376. The first-order chi connectivity index (χ1) is 18.4. The van der Waals surface area contributed by atoms with E-state index in [4.69, 9.17) is 0 Å². The first-order valence-corrected chi connectivity index (χ1v) is 12.3. The summed E-state index contributed by atoms with van der Waals surface area (Å²) in [4.78, 5) is 2.41. The fraction of sp³-hybridized carbons (Fsp3) is 0.103. The van der Waals surface area contributed by atoms with Crippen molar-refractivity contribution < 1.29 is 0 Å². The van der Waals surface area contributed by atoms with Gasteiger partial charge in [-0.05, 0) is 29.5 Å². The smallest absolute Gasteiger partial charge is 0.138 e. The van der Waals surface area contributed by atoms with Crippen LogP contribution in [0.15, 0.2) is 64.2 Å². The van der Waals surface area contributed by atoms with Crippen molar-refractivity contribution in [3.05, 3.63) is 81.7 Å². The number of rotatable bonds is 3. The Kier molecular flexibility index (Phi) is 6.75. The lowest BCUT2D eigenvalue weighted by atomic mass is 9.91. The average molecular weight is 509 g/mol. The minimum atomic E-state index is -0.257. The van der Waals surface area contributed by atoms with Gasteiger partial charge in [0.2, 0.25) is 0 Å². The Morgan fingerprint density at radius 1 is 0.789 bits per heavy atom. The molecule has 38 heavy (non-hydrogen) atoms. The molecule has 2 aromatic heterocycles. The second-order valence-corrected chi connectivity index (χ2v) is 9.07. The van der Waals surface area contributed by atoms with Gasteiger partial charge >= 0.3 is 0 Å². The summed E-state index contributed by atoms with van der Waals surface area (Å²) < 4.78 is 1.72. The third-order valence-corrected chi connectivity index (χ3v) is 7.03. The molecule has 9 heteroatoms. The minimum Gasteiger partial charge on any atom is -0.378 e. The Balaban J connectivity index is 2.33. The maximum absolute atomic E-state index is 10.6. The second-order valence-electron chi connectivity index (χ2n) is 8.26. The van der Waals surface area contributed by atoms with E-state index in [1.807, 2.05) is 55.4 Å². The van der Waals surface area contributed by atoms with Crippen LogP contribution in [-0.2, 0) is 0 Å². The summed E-state index contributed by atoms with van der Waals surface area (Å²) in [6.45, 7) is 0. The molecule has 1 aromatic carbocycles. The summed E-state index contributed by atoms with van der Waals surface area (Å²) in [5.74, 6) is 0. The monoisotopic (exact) mass is 508 g/mol. The number of benzene rings is 1. The molecule has 0 aliphatic heterocycles. The van der Waals surface area contributed by atoms with E-state index in [0.29, 0.717) is 32.8 Å². The topological polar surface area (TPSA) is 150 Å². The zero-order valence-corrected chi connectivity index (χ0v) is 21.3. The molecule has 0 saturated carbocycles. The number of anilines is 1. The SMILES string of the molecule is CSc1c(C#N)c2cc(N(C)C)ccn2c1C(C#N)=C1C(=C(C#N)C#N)c2ccccc2C1=C(C#N)C#N. The van der Waals surface area contributed by atoms with Crippen molar-refractivity contribution in [3.8, 4) is 36.4 Å². The van der Waals surface area contributed by atoms with Gasteiger partial charge in [-0.15, -0.1) is 11.8 Å². The summed E-state index contributed by atoms with van der Waals surface area (Å²) in [5.41, 5.74) is 3.09. The lowest BCUT2D eigenvalue weighted by Gasteiger charge is -2.14. The first kappa shape index (κ1) is 25.4. The van der Waals surface area contributed by atoms with E-state index in [1.165, 1.54) is 11.8 Å². The van der Waals surface area contributed by atoms with E-state index in [1.54, 1.807) is 41.1 Å². The van der Waals surface area contributed by atoms with Crippen LogP contribution in [0, 0.1) is 68.0 Å². The predicted molar refractivity (Wildman–Crippen MR) is 143 cm³/mol. The van der Waals surface area contributed by atoms with E-state index in [-0.39, 0.29) is 33.4 Å². The zero-order chi connectivity index (χ0) is 27.6. The molecule has 0 N–H and O–H groups in total. The highest BCUT2D eigenvalue weighted by atomic mass is 32.2. The van der Waals surface area contributed by atoms with Gasteiger partial charge in [-0.25, -0.2) is 0 Å². The fourth-order valence-corrected chi connectivity index (χ4v) is 5.37. The summed E-state index contributed by atoms with van der Waals surface area (Å²) in [5, 5.41) is 60.1. The maximum Gasteiger partial charge on any atom is 0.138 e. The Bertz CT molecular complexity index is 1790. The molecular weight excluding hydrogens is 492 g/mol. The van der Waals surface area contributed by atoms with Crippen LogP contribution in [0.2, 0.25) is 0 Å². The zero-order valence-electron chi connectivity index (χ0n) is 20.5. The van der Waals surface area contributed by atoms with Crippen molar-refractivity contribution in [1.29, 1.82) is 31.6 Å². The maximum atomic E-state index is 10.6. The van der Waals surface area contributed by atoms with Gasteiger partial charge in [0.1, 0.15) is 47.6 Å². The Morgan fingerprint density at radius 2 is 1.34 bits per heavy atom. The van der Waals surface area contributed by atoms with Crippen LogP contribution >= 0.6 is 11.8 Å². The first-order valence-electron chi connectivity index (χ1n) is 11.1. The van der Waals surface area contributed by atoms with Crippen molar-refractivity contribution in [2.75, 3.05) is 25.3 Å². The molecule has 4 rings (SSSR count). The van der Waals surface area contributed by atoms with E-state index < -0.39 is 0 Å². The van der Waals surface area contributed by atoms with Crippen LogP contribution in [0.4, 0.5) is 5.69 Å². The number of pyridine rings is 1. The van der Waals surface area contributed by atoms with Crippen LogP contribution in [0.3, 0.4) is 0 Å².